The zero-order chi connectivity index (χ0) is 12.3. The summed E-state index contributed by atoms with van der Waals surface area (Å²) in [4.78, 5) is 0. The van der Waals surface area contributed by atoms with Crippen molar-refractivity contribution in [2.45, 2.75) is 19.1 Å². The Balaban J connectivity index is 3.06. The van der Waals surface area contributed by atoms with E-state index in [0.29, 0.717) is 5.56 Å². The van der Waals surface area contributed by atoms with Crippen LogP contribution in [0.3, 0.4) is 0 Å². The molecule has 16 heavy (non-hydrogen) atoms. The molecule has 0 aliphatic carbocycles. The Morgan fingerprint density at radius 2 is 2.12 bits per heavy atom. The Kier molecular flexibility index (Phi) is 3.88. The number of para-hydroxylation sites is 1. The average Bonchev–Trinajstić information content (AvgIpc) is 2.22. The van der Waals surface area contributed by atoms with Gasteiger partial charge in [0.2, 0.25) is 10.0 Å². The molecule has 6 heteroatoms. The second-order valence-electron chi connectivity index (χ2n) is 3.57. The molecule has 1 aromatic carbocycles. The first-order chi connectivity index (χ1) is 7.38. The number of hydrogen-bond donors (Lipinski definition) is 2. The first-order valence-corrected chi connectivity index (χ1v) is 6.30. The van der Waals surface area contributed by atoms with Crippen LogP contribution in [0, 0.1) is 12.7 Å². The molecule has 0 aliphatic heterocycles. The lowest BCUT2D eigenvalue weighted by Crippen LogP contribution is -2.28. The minimum Gasteiger partial charge on any atom is -0.395 e. The topological polar surface area (TPSA) is 66.4 Å². The van der Waals surface area contributed by atoms with Gasteiger partial charge in [-0.25, -0.2) is 12.8 Å². The fourth-order valence-corrected chi connectivity index (χ4v) is 2.04. The van der Waals surface area contributed by atoms with Crippen LogP contribution < -0.4 is 4.72 Å². The van der Waals surface area contributed by atoms with Gasteiger partial charge in [-0.2, -0.15) is 0 Å². The third-order valence-corrected chi connectivity index (χ3v) is 3.95. The minimum absolute atomic E-state index is 0.0669. The zero-order valence-electron chi connectivity index (χ0n) is 9.07. The third kappa shape index (κ3) is 2.70. The number of aryl methyl sites for hydroxylation is 1. The summed E-state index contributed by atoms with van der Waals surface area (Å²) in [6.07, 6.45) is 0. The average molecular weight is 247 g/mol. The van der Waals surface area contributed by atoms with Crippen molar-refractivity contribution in [1.82, 2.24) is 0 Å². The van der Waals surface area contributed by atoms with Crippen LogP contribution >= 0.6 is 0 Å². The molecule has 1 unspecified atom stereocenters. The van der Waals surface area contributed by atoms with Crippen LogP contribution in [-0.4, -0.2) is 25.4 Å². The van der Waals surface area contributed by atoms with E-state index < -0.39 is 27.7 Å². The van der Waals surface area contributed by atoms with Gasteiger partial charge < -0.3 is 5.11 Å². The van der Waals surface area contributed by atoms with E-state index in [1.54, 1.807) is 13.0 Å². The fraction of sp³-hybridized carbons (Fsp3) is 0.400. The number of aliphatic hydroxyl groups excluding tert-OH is 1. The van der Waals surface area contributed by atoms with Crippen molar-refractivity contribution in [2.75, 3.05) is 11.3 Å². The molecule has 0 aliphatic rings. The molecule has 0 radical (unpaired) electrons. The lowest BCUT2D eigenvalue weighted by atomic mass is 10.2. The van der Waals surface area contributed by atoms with Crippen LogP contribution in [0.2, 0.25) is 0 Å². The second-order valence-corrected chi connectivity index (χ2v) is 5.67. The molecule has 1 atom stereocenters. The molecule has 1 aromatic rings. The van der Waals surface area contributed by atoms with Crippen molar-refractivity contribution < 1.29 is 17.9 Å². The van der Waals surface area contributed by atoms with Crippen LogP contribution in [0.4, 0.5) is 10.1 Å². The van der Waals surface area contributed by atoms with E-state index in [9.17, 15) is 12.8 Å². The molecule has 0 bridgehead atoms. The molecular formula is C10H14FNO3S. The smallest absolute Gasteiger partial charge is 0.237 e. The van der Waals surface area contributed by atoms with Crippen molar-refractivity contribution in [3.05, 3.63) is 29.6 Å². The summed E-state index contributed by atoms with van der Waals surface area (Å²) < 4.78 is 38.7. The van der Waals surface area contributed by atoms with Crippen LogP contribution in [0.15, 0.2) is 18.2 Å². The van der Waals surface area contributed by atoms with Gasteiger partial charge >= 0.3 is 0 Å². The maximum Gasteiger partial charge on any atom is 0.237 e. The maximum absolute atomic E-state index is 13.4. The van der Waals surface area contributed by atoms with Gasteiger partial charge in [-0.05, 0) is 25.5 Å². The van der Waals surface area contributed by atoms with Gasteiger partial charge in [0, 0.05) is 0 Å². The highest BCUT2D eigenvalue weighted by molar-refractivity contribution is 7.93. The van der Waals surface area contributed by atoms with Crippen molar-refractivity contribution >= 4 is 15.7 Å². The number of rotatable bonds is 4. The first-order valence-electron chi connectivity index (χ1n) is 4.76. The van der Waals surface area contributed by atoms with E-state index in [1.165, 1.54) is 19.1 Å². The number of hydrogen-bond acceptors (Lipinski definition) is 3. The summed E-state index contributed by atoms with van der Waals surface area (Å²) in [5, 5.41) is 7.79. The lowest BCUT2D eigenvalue weighted by molar-refractivity contribution is 0.296. The number of halogens is 1. The van der Waals surface area contributed by atoms with E-state index in [-0.39, 0.29) is 5.69 Å². The highest BCUT2D eigenvalue weighted by Gasteiger charge is 2.21. The number of sulfonamides is 1. The Bertz CT molecular complexity index is 453. The Hall–Kier alpha value is -1.14. The van der Waals surface area contributed by atoms with Gasteiger partial charge in [-0.15, -0.1) is 0 Å². The van der Waals surface area contributed by atoms with Gasteiger partial charge in [-0.1, -0.05) is 12.1 Å². The summed E-state index contributed by atoms with van der Waals surface area (Å²) in [5.74, 6) is -0.631. The van der Waals surface area contributed by atoms with Gasteiger partial charge in [0.1, 0.15) is 11.1 Å². The van der Waals surface area contributed by atoms with Crippen LogP contribution in [-0.2, 0) is 10.0 Å². The Morgan fingerprint density at radius 3 is 2.62 bits per heavy atom. The predicted molar refractivity (Wildman–Crippen MR) is 60.2 cm³/mol. The molecule has 4 nitrogen and oxygen atoms in total. The van der Waals surface area contributed by atoms with Crippen LogP contribution in [0.5, 0.6) is 0 Å². The standard InChI is InChI=1S/C10H14FNO3S/c1-7-4-3-5-9(11)10(7)12-16(14,15)8(2)6-13/h3-5,8,12-13H,6H2,1-2H3. The number of anilines is 1. The molecule has 1 rings (SSSR count). The van der Waals surface area contributed by atoms with E-state index in [4.69, 9.17) is 5.11 Å². The Labute approximate surface area is 94.2 Å². The maximum atomic E-state index is 13.4. The van der Waals surface area contributed by atoms with E-state index in [2.05, 4.69) is 4.72 Å². The summed E-state index contributed by atoms with van der Waals surface area (Å²) >= 11 is 0. The molecule has 0 fully saturated rings. The number of benzene rings is 1. The van der Waals surface area contributed by atoms with E-state index in [0.717, 1.165) is 0 Å². The minimum atomic E-state index is -3.75. The highest BCUT2D eigenvalue weighted by atomic mass is 32.2. The Morgan fingerprint density at radius 1 is 1.50 bits per heavy atom. The first kappa shape index (κ1) is 12.9. The van der Waals surface area contributed by atoms with E-state index in [1.807, 2.05) is 0 Å². The van der Waals surface area contributed by atoms with Crippen LogP contribution in [0.1, 0.15) is 12.5 Å². The summed E-state index contributed by atoms with van der Waals surface area (Å²) in [7, 11) is -3.75. The molecule has 2 N–H and O–H groups in total. The molecule has 0 saturated heterocycles. The SMILES string of the molecule is Cc1cccc(F)c1NS(=O)(=O)C(C)CO. The van der Waals surface area contributed by atoms with Crippen molar-refractivity contribution in [2.24, 2.45) is 0 Å². The highest BCUT2D eigenvalue weighted by Crippen LogP contribution is 2.21. The van der Waals surface area contributed by atoms with Gasteiger partial charge in [-0.3, -0.25) is 4.72 Å². The normalized spacial score (nSPS) is 13.5. The summed E-state index contributed by atoms with van der Waals surface area (Å²) in [6, 6.07) is 4.27. The fourth-order valence-electron chi connectivity index (χ4n) is 1.10. The van der Waals surface area contributed by atoms with Crippen molar-refractivity contribution in [3.63, 3.8) is 0 Å². The second kappa shape index (κ2) is 4.80. The molecule has 0 aromatic heterocycles. The van der Waals surface area contributed by atoms with Gasteiger partial charge in [0.05, 0.1) is 12.3 Å². The number of nitrogens with one attached hydrogen (secondary N) is 1. The molecule has 0 spiro atoms. The molecule has 0 amide bonds. The van der Waals surface area contributed by atoms with Gasteiger partial charge in [0.15, 0.2) is 0 Å². The largest absolute Gasteiger partial charge is 0.395 e. The quantitative estimate of drug-likeness (QED) is 0.841. The predicted octanol–water partition coefficient (Wildman–Crippen LogP) is 1.26. The monoisotopic (exact) mass is 247 g/mol. The lowest BCUT2D eigenvalue weighted by Gasteiger charge is -2.14. The number of aliphatic hydroxyl groups is 1. The van der Waals surface area contributed by atoms with E-state index >= 15 is 0 Å². The third-order valence-electron chi connectivity index (χ3n) is 2.25. The summed E-state index contributed by atoms with van der Waals surface area (Å²) in [5.41, 5.74) is 0.427. The van der Waals surface area contributed by atoms with Gasteiger partial charge in [0.25, 0.3) is 0 Å². The zero-order valence-corrected chi connectivity index (χ0v) is 9.88. The van der Waals surface area contributed by atoms with Crippen molar-refractivity contribution in [3.8, 4) is 0 Å². The molecule has 0 saturated carbocycles. The van der Waals surface area contributed by atoms with Crippen molar-refractivity contribution in [1.29, 1.82) is 0 Å². The molecule has 90 valence electrons. The summed E-state index contributed by atoms with van der Waals surface area (Å²) in [6.45, 7) is 2.44. The van der Waals surface area contributed by atoms with Crippen LogP contribution in [0.25, 0.3) is 0 Å². The molecule has 0 heterocycles. The molecular weight excluding hydrogens is 233 g/mol.